The normalized spacial score (nSPS) is 13.9. The summed E-state index contributed by atoms with van der Waals surface area (Å²) in [6.07, 6.45) is 0. The minimum Gasteiger partial charge on any atom is -0.325 e. The van der Waals surface area contributed by atoms with Crippen molar-refractivity contribution in [3.63, 3.8) is 0 Å². The molecule has 20 heavy (non-hydrogen) atoms. The van der Waals surface area contributed by atoms with E-state index in [1.165, 1.54) is 0 Å². The summed E-state index contributed by atoms with van der Waals surface area (Å²) < 4.78 is 0. The number of benzene rings is 1. The van der Waals surface area contributed by atoms with Gasteiger partial charge < -0.3 is 5.32 Å². The fraction of sp³-hybridized carbons (Fsp3) is 0.500. The molecule has 0 aliphatic heterocycles. The van der Waals surface area contributed by atoms with E-state index in [4.69, 9.17) is 5.26 Å². The van der Waals surface area contributed by atoms with Crippen LogP contribution in [0.25, 0.3) is 0 Å². The summed E-state index contributed by atoms with van der Waals surface area (Å²) in [5, 5.41) is 11.7. The average Bonchev–Trinajstić information content (AvgIpc) is 2.44. The Kier molecular flexibility index (Phi) is 5.72. The highest BCUT2D eigenvalue weighted by Gasteiger charge is 2.23. The summed E-state index contributed by atoms with van der Waals surface area (Å²) in [4.78, 5) is 14.3. The summed E-state index contributed by atoms with van der Waals surface area (Å²) >= 11 is 0. The molecule has 4 heteroatoms. The summed E-state index contributed by atoms with van der Waals surface area (Å²) in [6, 6.07) is 9.10. The minimum atomic E-state index is -0.224. The molecule has 2 atom stereocenters. The van der Waals surface area contributed by atoms with E-state index in [-0.39, 0.29) is 11.9 Å². The topological polar surface area (TPSA) is 56.1 Å². The Morgan fingerprint density at radius 2 is 1.95 bits per heavy atom. The highest BCUT2D eigenvalue weighted by molar-refractivity contribution is 5.94. The van der Waals surface area contributed by atoms with Crippen LogP contribution in [0.1, 0.15) is 33.3 Å². The summed E-state index contributed by atoms with van der Waals surface area (Å²) in [7, 11) is 1.96. The smallest absolute Gasteiger partial charge is 0.241 e. The molecule has 0 aliphatic carbocycles. The molecular weight excluding hydrogens is 250 g/mol. The van der Waals surface area contributed by atoms with Gasteiger partial charge in [-0.3, -0.25) is 9.69 Å². The van der Waals surface area contributed by atoms with E-state index in [1.807, 2.05) is 14.0 Å². The van der Waals surface area contributed by atoms with Crippen molar-refractivity contribution in [2.45, 2.75) is 39.8 Å². The molecule has 0 saturated carbocycles. The van der Waals surface area contributed by atoms with E-state index >= 15 is 0 Å². The number of nitrogens with one attached hydrogen (secondary N) is 1. The first-order valence-corrected chi connectivity index (χ1v) is 6.89. The number of anilines is 1. The number of carbonyl (C=O) groups is 1. The van der Waals surface area contributed by atoms with Crippen molar-refractivity contribution in [2.24, 2.45) is 5.92 Å². The molecule has 0 heterocycles. The van der Waals surface area contributed by atoms with Gasteiger partial charge in [0, 0.05) is 11.7 Å². The lowest BCUT2D eigenvalue weighted by molar-refractivity contribution is -0.121. The van der Waals surface area contributed by atoms with E-state index in [0.717, 1.165) is 0 Å². The lowest BCUT2D eigenvalue weighted by atomic mass is 10.0. The largest absolute Gasteiger partial charge is 0.325 e. The van der Waals surface area contributed by atoms with Crippen LogP contribution in [0.15, 0.2) is 24.3 Å². The number of likely N-dealkylation sites (N-methyl/N-ethyl adjacent to an activating group) is 1. The number of nitrogens with zero attached hydrogens (tertiary/aromatic N) is 2. The Bertz CT molecular complexity index is 505. The quantitative estimate of drug-likeness (QED) is 0.897. The molecule has 0 fully saturated rings. The molecule has 1 amide bonds. The van der Waals surface area contributed by atoms with Crippen molar-refractivity contribution in [1.82, 2.24) is 4.90 Å². The molecule has 0 aliphatic rings. The first-order chi connectivity index (χ1) is 9.36. The van der Waals surface area contributed by atoms with Gasteiger partial charge in [-0.25, -0.2) is 0 Å². The second kappa shape index (κ2) is 7.06. The van der Waals surface area contributed by atoms with Gasteiger partial charge in [0.1, 0.15) is 0 Å². The molecular formula is C16H23N3O. The van der Waals surface area contributed by atoms with E-state index in [9.17, 15) is 4.79 Å². The van der Waals surface area contributed by atoms with Gasteiger partial charge in [0.05, 0.1) is 17.7 Å². The van der Waals surface area contributed by atoms with Crippen LogP contribution in [0.2, 0.25) is 0 Å². The van der Waals surface area contributed by atoms with E-state index in [1.54, 1.807) is 24.3 Å². The van der Waals surface area contributed by atoms with Gasteiger partial charge in [-0.05, 0) is 45.0 Å². The van der Waals surface area contributed by atoms with Crippen LogP contribution in [0.3, 0.4) is 0 Å². The Labute approximate surface area is 121 Å². The second-order valence-electron chi connectivity index (χ2n) is 5.51. The third kappa shape index (κ3) is 4.07. The molecule has 1 aromatic rings. The number of hydrogen-bond acceptors (Lipinski definition) is 3. The zero-order valence-corrected chi connectivity index (χ0v) is 12.8. The van der Waals surface area contributed by atoms with Crippen LogP contribution in [0, 0.1) is 17.2 Å². The number of carbonyl (C=O) groups excluding carboxylic acids is 1. The van der Waals surface area contributed by atoms with Gasteiger partial charge in [0.2, 0.25) is 5.91 Å². The Hall–Kier alpha value is -1.86. The van der Waals surface area contributed by atoms with Crippen LogP contribution < -0.4 is 5.32 Å². The van der Waals surface area contributed by atoms with Gasteiger partial charge in [0.25, 0.3) is 0 Å². The average molecular weight is 273 g/mol. The fourth-order valence-corrected chi connectivity index (χ4v) is 1.92. The summed E-state index contributed by atoms with van der Waals surface area (Å²) in [5.41, 5.74) is 1.20. The zero-order chi connectivity index (χ0) is 15.3. The Morgan fingerprint density at radius 1 is 1.30 bits per heavy atom. The number of hydrogen-bond donors (Lipinski definition) is 1. The second-order valence-corrected chi connectivity index (χ2v) is 5.51. The van der Waals surface area contributed by atoms with Crippen molar-refractivity contribution in [2.75, 3.05) is 12.4 Å². The van der Waals surface area contributed by atoms with E-state index < -0.39 is 0 Å². The van der Waals surface area contributed by atoms with Gasteiger partial charge in [-0.15, -0.1) is 0 Å². The van der Waals surface area contributed by atoms with E-state index in [2.05, 4.69) is 37.1 Å². The molecule has 1 aromatic carbocycles. The van der Waals surface area contributed by atoms with Gasteiger partial charge in [-0.2, -0.15) is 5.26 Å². The minimum absolute atomic E-state index is 0.0601. The van der Waals surface area contributed by atoms with Crippen molar-refractivity contribution in [1.29, 1.82) is 5.26 Å². The maximum absolute atomic E-state index is 12.2. The Morgan fingerprint density at radius 3 is 2.50 bits per heavy atom. The molecule has 2 unspecified atom stereocenters. The molecule has 0 aromatic heterocycles. The van der Waals surface area contributed by atoms with Crippen molar-refractivity contribution < 1.29 is 4.79 Å². The number of nitriles is 1. The monoisotopic (exact) mass is 273 g/mol. The first-order valence-electron chi connectivity index (χ1n) is 6.89. The zero-order valence-electron chi connectivity index (χ0n) is 12.8. The SMILES string of the molecule is CC(C)C(C)N(C)C(C)C(=O)Nc1cccc(C#N)c1. The molecule has 0 spiro atoms. The maximum Gasteiger partial charge on any atom is 0.241 e. The van der Waals surface area contributed by atoms with Crippen LogP contribution in [-0.4, -0.2) is 29.9 Å². The molecule has 0 saturated heterocycles. The summed E-state index contributed by atoms with van der Waals surface area (Å²) in [6.45, 7) is 8.29. The van der Waals surface area contributed by atoms with Gasteiger partial charge in [0.15, 0.2) is 0 Å². The number of amides is 1. The van der Waals surface area contributed by atoms with Gasteiger partial charge >= 0.3 is 0 Å². The van der Waals surface area contributed by atoms with Crippen LogP contribution in [0.4, 0.5) is 5.69 Å². The summed E-state index contributed by atoms with van der Waals surface area (Å²) in [5.74, 6) is 0.423. The highest BCUT2D eigenvalue weighted by atomic mass is 16.2. The lowest BCUT2D eigenvalue weighted by Crippen LogP contribution is -2.46. The highest BCUT2D eigenvalue weighted by Crippen LogP contribution is 2.14. The number of rotatable bonds is 5. The van der Waals surface area contributed by atoms with Crippen LogP contribution in [-0.2, 0) is 4.79 Å². The van der Waals surface area contributed by atoms with Crippen molar-refractivity contribution in [3.05, 3.63) is 29.8 Å². The molecule has 0 radical (unpaired) electrons. The lowest BCUT2D eigenvalue weighted by Gasteiger charge is -2.32. The molecule has 1 N–H and O–H groups in total. The third-order valence-electron chi connectivity index (χ3n) is 3.86. The van der Waals surface area contributed by atoms with Crippen molar-refractivity contribution >= 4 is 11.6 Å². The molecule has 0 bridgehead atoms. The Balaban J connectivity index is 2.73. The molecule has 1 rings (SSSR count). The fourth-order valence-electron chi connectivity index (χ4n) is 1.92. The van der Waals surface area contributed by atoms with Crippen molar-refractivity contribution in [3.8, 4) is 6.07 Å². The predicted molar refractivity (Wildman–Crippen MR) is 81.3 cm³/mol. The van der Waals surface area contributed by atoms with Crippen LogP contribution >= 0.6 is 0 Å². The first kappa shape index (κ1) is 16.2. The maximum atomic E-state index is 12.2. The third-order valence-corrected chi connectivity index (χ3v) is 3.86. The van der Waals surface area contributed by atoms with Crippen LogP contribution in [0.5, 0.6) is 0 Å². The van der Waals surface area contributed by atoms with E-state index in [0.29, 0.717) is 23.2 Å². The predicted octanol–water partition coefficient (Wildman–Crippen LogP) is 2.86. The van der Waals surface area contributed by atoms with Gasteiger partial charge in [-0.1, -0.05) is 19.9 Å². The molecule has 4 nitrogen and oxygen atoms in total. The molecule has 108 valence electrons. The standard InChI is InChI=1S/C16H23N3O/c1-11(2)12(3)19(5)13(4)16(20)18-15-8-6-7-14(9-15)10-17/h6-9,11-13H,1-5H3,(H,18,20).